The summed E-state index contributed by atoms with van der Waals surface area (Å²) in [6.07, 6.45) is 0. The predicted molar refractivity (Wildman–Crippen MR) is 66.8 cm³/mol. The van der Waals surface area contributed by atoms with E-state index in [1.54, 1.807) is 13.0 Å². The molecule has 17 heavy (non-hydrogen) atoms. The molecular formula is C12H12Cl2O3. The smallest absolute Gasteiger partial charge is 0.306 e. The summed E-state index contributed by atoms with van der Waals surface area (Å²) in [4.78, 5) is 22.8. The highest BCUT2D eigenvalue weighted by molar-refractivity contribution is 6.42. The van der Waals surface area contributed by atoms with Crippen molar-refractivity contribution in [3.8, 4) is 0 Å². The number of carboxylic acid groups (broad SMARTS) is 1. The predicted octanol–water partition coefficient (Wildman–Crippen LogP) is 3.53. The molecule has 1 aromatic rings. The monoisotopic (exact) mass is 274 g/mol. The quantitative estimate of drug-likeness (QED) is 0.855. The fraction of sp³-hybridized carbons (Fsp3) is 0.333. The Kier molecular flexibility index (Phi) is 4.54. The number of Topliss-reactive ketones (excluding diaryl/α,β-unsaturated/α-hetero) is 1. The van der Waals surface area contributed by atoms with Gasteiger partial charge in [0.05, 0.1) is 16.0 Å². The Morgan fingerprint density at radius 3 is 2.18 bits per heavy atom. The number of rotatable bonds is 4. The molecule has 0 saturated heterocycles. The van der Waals surface area contributed by atoms with Gasteiger partial charge in [-0.25, -0.2) is 0 Å². The molecule has 0 heterocycles. The van der Waals surface area contributed by atoms with Crippen molar-refractivity contribution in [1.82, 2.24) is 0 Å². The van der Waals surface area contributed by atoms with Gasteiger partial charge < -0.3 is 5.11 Å². The Labute approximate surface area is 109 Å². The SMILES string of the molecule is CC(C(=O)O)C(C)C(=O)c1ccc(Cl)c(Cl)c1. The van der Waals surface area contributed by atoms with E-state index in [4.69, 9.17) is 28.3 Å². The van der Waals surface area contributed by atoms with Crippen LogP contribution in [0.1, 0.15) is 24.2 Å². The van der Waals surface area contributed by atoms with E-state index in [-0.39, 0.29) is 10.8 Å². The molecule has 0 aromatic heterocycles. The van der Waals surface area contributed by atoms with Gasteiger partial charge in [-0.2, -0.15) is 0 Å². The molecule has 92 valence electrons. The number of halogens is 2. The van der Waals surface area contributed by atoms with Crippen LogP contribution in [0.25, 0.3) is 0 Å². The van der Waals surface area contributed by atoms with E-state index in [9.17, 15) is 9.59 Å². The average molecular weight is 275 g/mol. The van der Waals surface area contributed by atoms with Crippen molar-refractivity contribution in [2.45, 2.75) is 13.8 Å². The topological polar surface area (TPSA) is 54.4 Å². The van der Waals surface area contributed by atoms with Gasteiger partial charge in [-0.1, -0.05) is 37.0 Å². The van der Waals surface area contributed by atoms with Crippen molar-refractivity contribution < 1.29 is 14.7 Å². The highest BCUT2D eigenvalue weighted by atomic mass is 35.5. The molecule has 2 atom stereocenters. The largest absolute Gasteiger partial charge is 0.481 e. The van der Waals surface area contributed by atoms with E-state index in [1.165, 1.54) is 19.1 Å². The average Bonchev–Trinajstić information content (AvgIpc) is 2.29. The molecule has 0 amide bonds. The highest BCUT2D eigenvalue weighted by Crippen LogP contribution is 2.25. The summed E-state index contributed by atoms with van der Waals surface area (Å²) < 4.78 is 0. The zero-order valence-electron chi connectivity index (χ0n) is 9.41. The standard InChI is InChI=1S/C12H12Cl2O3/c1-6(7(2)12(16)17)11(15)8-3-4-9(13)10(14)5-8/h3-7H,1-2H3,(H,16,17). The van der Waals surface area contributed by atoms with E-state index >= 15 is 0 Å². The molecule has 0 radical (unpaired) electrons. The van der Waals surface area contributed by atoms with Gasteiger partial charge >= 0.3 is 5.97 Å². The zero-order chi connectivity index (χ0) is 13.2. The van der Waals surface area contributed by atoms with E-state index in [1.807, 2.05) is 0 Å². The van der Waals surface area contributed by atoms with E-state index < -0.39 is 17.8 Å². The summed E-state index contributed by atoms with van der Waals surface area (Å²) in [7, 11) is 0. The van der Waals surface area contributed by atoms with Crippen molar-refractivity contribution >= 4 is 35.0 Å². The van der Waals surface area contributed by atoms with Crippen LogP contribution in [0.15, 0.2) is 18.2 Å². The maximum Gasteiger partial charge on any atom is 0.306 e. The Hall–Kier alpha value is -1.06. The normalized spacial score (nSPS) is 14.1. The number of carbonyl (C=O) groups excluding carboxylic acids is 1. The Balaban J connectivity index is 2.96. The number of carboxylic acids is 1. The lowest BCUT2D eigenvalue weighted by molar-refractivity contribution is -0.142. The van der Waals surface area contributed by atoms with Crippen LogP contribution < -0.4 is 0 Å². The van der Waals surface area contributed by atoms with Gasteiger partial charge in [0.1, 0.15) is 0 Å². The number of carbonyl (C=O) groups is 2. The number of benzene rings is 1. The number of hydrogen-bond donors (Lipinski definition) is 1. The molecule has 0 aliphatic rings. The second-order valence-corrected chi connectivity index (χ2v) is 4.72. The molecule has 1 rings (SSSR count). The Bertz CT molecular complexity index is 457. The van der Waals surface area contributed by atoms with Crippen LogP contribution in [0, 0.1) is 11.8 Å². The van der Waals surface area contributed by atoms with Gasteiger partial charge in [-0.3, -0.25) is 9.59 Å². The number of ketones is 1. The van der Waals surface area contributed by atoms with Gasteiger partial charge in [-0.05, 0) is 18.2 Å². The highest BCUT2D eigenvalue weighted by Gasteiger charge is 2.26. The zero-order valence-corrected chi connectivity index (χ0v) is 10.9. The molecule has 5 heteroatoms. The lowest BCUT2D eigenvalue weighted by Crippen LogP contribution is -2.25. The Morgan fingerprint density at radius 2 is 1.71 bits per heavy atom. The van der Waals surface area contributed by atoms with Crippen LogP contribution >= 0.6 is 23.2 Å². The van der Waals surface area contributed by atoms with Crippen LogP contribution in [0.5, 0.6) is 0 Å². The summed E-state index contributed by atoms with van der Waals surface area (Å²) in [5, 5.41) is 9.50. The van der Waals surface area contributed by atoms with E-state index in [0.29, 0.717) is 10.6 Å². The molecule has 3 nitrogen and oxygen atoms in total. The van der Waals surface area contributed by atoms with Crippen LogP contribution in [0.2, 0.25) is 10.0 Å². The first-order valence-electron chi connectivity index (χ1n) is 5.06. The molecule has 0 aliphatic heterocycles. The van der Waals surface area contributed by atoms with Crippen LogP contribution in [0.4, 0.5) is 0 Å². The lowest BCUT2D eigenvalue weighted by Gasteiger charge is -2.14. The third-order valence-corrected chi connectivity index (χ3v) is 3.50. The summed E-state index contributed by atoms with van der Waals surface area (Å²) in [6, 6.07) is 4.52. The lowest BCUT2D eigenvalue weighted by atomic mass is 9.88. The molecule has 0 spiro atoms. The van der Waals surface area contributed by atoms with Crippen molar-refractivity contribution in [3.05, 3.63) is 33.8 Å². The van der Waals surface area contributed by atoms with Crippen molar-refractivity contribution in [2.75, 3.05) is 0 Å². The molecule has 1 N–H and O–H groups in total. The second kappa shape index (κ2) is 5.52. The van der Waals surface area contributed by atoms with Gasteiger partial charge in [0.25, 0.3) is 0 Å². The summed E-state index contributed by atoms with van der Waals surface area (Å²) >= 11 is 11.5. The first-order valence-corrected chi connectivity index (χ1v) is 5.82. The molecule has 1 aromatic carbocycles. The minimum absolute atomic E-state index is 0.251. The third kappa shape index (κ3) is 3.20. The summed E-state index contributed by atoms with van der Waals surface area (Å²) in [5.41, 5.74) is 0.375. The van der Waals surface area contributed by atoms with Crippen LogP contribution in [0.3, 0.4) is 0 Å². The van der Waals surface area contributed by atoms with Gasteiger partial charge in [0.2, 0.25) is 0 Å². The first-order chi connectivity index (χ1) is 7.84. The summed E-state index contributed by atoms with van der Waals surface area (Å²) in [6.45, 7) is 3.09. The fourth-order valence-electron chi connectivity index (χ4n) is 1.35. The molecule has 0 fully saturated rings. The van der Waals surface area contributed by atoms with Gasteiger partial charge in [-0.15, -0.1) is 0 Å². The minimum Gasteiger partial charge on any atom is -0.481 e. The number of hydrogen-bond acceptors (Lipinski definition) is 2. The molecule has 0 aliphatic carbocycles. The molecule has 0 saturated carbocycles. The maximum absolute atomic E-state index is 12.0. The van der Waals surface area contributed by atoms with Crippen molar-refractivity contribution in [3.63, 3.8) is 0 Å². The van der Waals surface area contributed by atoms with Crippen LogP contribution in [-0.2, 0) is 4.79 Å². The molecule has 0 bridgehead atoms. The maximum atomic E-state index is 12.0. The molecular weight excluding hydrogens is 263 g/mol. The van der Waals surface area contributed by atoms with Crippen molar-refractivity contribution in [1.29, 1.82) is 0 Å². The number of aliphatic carboxylic acids is 1. The fourth-order valence-corrected chi connectivity index (χ4v) is 1.65. The van der Waals surface area contributed by atoms with Gasteiger partial charge in [0, 0.05) is 11.5 Å². The van der Waals surface area contributed by atoms with E-state index in [2.05, 4.69) is 0 Å². The van der Waals surface area contributed by atoms with E-state index in [0.717, 1.165) is 0 Å². The van der Waals surface area contributed by atoms with Crippen LogP contribution in [-0.4, -0.2) is 16.9 Å². The van der Waals surface area contributed by atoms with Gasteiger partial charge in [0.15, 0.2) is 5.78 Å². The first kappa shape index (κ1) is 14.0. The summed E-state index contributed by atoms with van der Waals surface area (Å²) in [5.74, 6) is -2.59. The Morgan fingerprint density at radius 1 is 1.12 bits per heavy atom. The third-order valence-electron chi connectivity index (χ3n) is 2.76. The van der Waals surface area contributed by atoms with Crippen molar-refractivity contribution in [2.24, 2.45) is 11.8 Å². The molecule has 2 unspecified atom stereocenters. The minimum atomic E-state index is -0.995. The second-order valence-electron chi connectivity index (χ2n) is 3.91.